The third kappa shape index (κ3) is 3.67. The molecule has 6 heteroatoms. The van der Waals surface area contributed by atoms with Gasteiger partial charge in [-0.15, -0.1) is 0 Å². The van der Waals surface area contributed by atoms with Crippen molar-refractivity contribution in [3.05, 3.63) is 122 Å². The lowest BCUT2D eigenvalue weighted by Crippen LogP contribution is -2.03. The fraction of sp³-hybridized carbons (Fsp3) is 0. The molecule has 0 bridgehead atoms. The Morgan fingerprint density at radius 3 is 1.26 bits per heavy atom. The molecule has 34 heavy (non-hydrogen) atoms. The van der Waals surface area contributed by atoms with Gasteiger partial charge in [-0.2, -0.15) is 0 Å². The predicted molar refractivity (Wildman–Crippen MR) is 133 cm³/mol. The molecule has 4 aromatic heterocycles. The molecule has 6 aromatic rings. The van der Waals surface area contributed by atoms with Crippen LogP contribution in [0.5, 0.6) is 0 Å². The van der Waals surface area contributed by atoms with Crippen LogP contribution in [0.4, 0.5) is 0 Å². The molecule has 2 aromatic carbocycles. The zero-order valence-electron chi connectivity index (χ0n) is 18.2. The van der Waals surface area contributed by atoms with Crippen LogP contribution >= 0.6 is 0 Å². The molecular weight excluding hydrogens is 420 g/mol. The van der Waals surface area contributed by atoms with Crippen molar-refractivity contribution >= 4 is 0 Å². The third-order valence-electron chi connectivity index (χ3n) is 5.76. The highest BCUT2D eigenvalue weighted by Gasteiger charge is 2.15. The summed E-state index contributed by atoms with van der Waals surface area (Å²) < 4.78 is 4.10. The van der Waals surface area contributed by atoms with Gasteiger partial charge in [0.15, 0.2) is 11.6 Å². The normalized spacial score (nSPS) is 10.9. The second kappa shape index (κ2) is 8.60. The summed E-state index contributed by atoms with van der Waals surface area (Å²) in [5.74, 6) is 1.55. The smallest absolute Gasteiger partial charge is 0.181 e. The number of aromatic nitrogens is 6. The van der Waals surface area contributed by atoms with Gasteiger partial charge in [-0.05, 0) is 58.7 Å². The first kappa shape index (κ1) is 19.8. The van der Waals surface area contributed by atoms with E-state index in [0.29, 0.717) is 0 Å². The average molecular weight is 441 g/mol. The number of rotatable bonds is 5. The van der Waals surface area contributed by atoms with E-state index in [2.05, 4.69) is 89.7 Å². The standard InChI is InChI=1S/C28H20N6/c1-3-23(19-29-13-1)21-5-9-25(10-6-21)33-17-15-31-27(33)28-32-16-18-34(28)26-11-7-22(8-12-26)24-4-2-14-30-20-24/h1-20H. The van der Waals surface area contributed by atoms with E-state index in [1.54, 1.807) is 24.8 Å². The van der Waals surface area contributed by atoms with Crippen molar-refractivity contribution in [3.63, 3.8) is 0 Å². The van der Waals surface area contributed by atoms with Crippen LogP contribution in [0.3, 0.4) is 0 Å². The molecule has 0 spiro atoms. The van der Waals surface area contributed by atoms with Gasteiger partial charge < -0.3 is 0 Å². The second-order valence-corrected chi connectivity index (χ2v) is 7.82. The van der Waals surface area contributed by atoms with Crippen molar-refractivity contribution in [3.8, 4) is 45.3 Å². The monoisotopic (exact) mass is 440 g/mol. The van der Waals surface area contributed by atoms with Crippen molar-refractivity contribution < 1.29 is 0 Å². The topological polar surface area (TPSA) is 61.4 Å². The molecule has 6 nitrogen and oxygen atoms in total. The van der Waals surface area contributed by atoms with E-state index in [1.807, 2.05) is 36.9 Å². The highest BCUT2D eigenvalue weighted by atomic mass is 15.2. The zero-order chi connectivity index (χ0) is 22.7. The Morgan fingerprint density at radius 2 is 0.882 bits per heavy atom. The highest BCUT2D eigenvalue weighted by Crippen LogP contribution is 2.26. The summed E-state index contributed by atoms with van der Waals surface area (Å²) >= 11 is 0. The fourth-order valence-electron chi connectivity index (χ4n) is 4.05. The van der Waals surface area contributed by atoms with Gasteiger partial charge in [-0.3, -0.25) is 19.1 Å². The van der Waals surface area contributed by atoms with E-state index in [1.165, 1.54) is 0 Å². The summed E-state index contributed by atoms with van der Waals surface area (Å²) in [5.41, 5.74) is 6.45. The van der Waals surface area contributed by atoms with Crippen LogP contribution in [-0.4, -0.2) is 29.1 Å². The lowest BCUT2D eigenvalue weighted by molar-refractivity contribution is 0.988. The average Bonchev–Trinajstić information content (AvgIpc) is 3.60. The van der Waals surface area contributed by atoms with E-state index in [0.717, 1.165) is 45.3 Å². The largest absolute Gasteiger partial charge is 0.297 e. The highest BCUT2D eigenvalue weighted by molar-refractivity contribution is 5.66. The van der Waals surface area contributed by atoms with Crippen LogP contribution in [0.1, 0.15) is 0 Å². The molecule has 0 saturated heterocycles. The van der Waals surface area contributed by atoms with Gasteiger partial charge in [0.05, 0.1) is 0 Å². The van der Waals surface area contributed by atoms with Crippen molar-refractivity contribution in [2.75, 3.05) is 0 Å². The summed E-state index contributed by atoms with van der Waals surface area (Å²) in [5, 5.41) is 0. The van der Waals surface area contributed by atoms with Crippen LogP contribution in [-0.2, 0) is 0 Å². The molecule has 0 aliphatic rings. The number of imidazole rings is 2. The minimum atomic E-state index is 0.774. The zero-order valence-corrected chi connectivity index (χ0v) is 18.2. The molecule has 0 unspecified atom stereocenters. The molecule has 0 aliphatic carbocycles. The minimum Gasteiger partial charge on any atom is -0.297 e. The second-order valence-electron chi connectivity index (χ2n) is 7.82. The Hall–Kier alpha value is -4.84. The Labute approximate surface area is 196 Å². The molecular formula is C28H20N6. The van der Waals surface area contributed by atoms with E-state index in [9.17, 15) is 0 Å². The molecule has 4 heterocycles. The van der Waals surface area contributed by atoms with Gasteiger partial charge in [0.25, 0.3) is 0 Å². The summed E-state index contributed by atoms with van der Waals surface area (Å²) in [6.07, 6.45) is 14.8. The minimum absolute atomic E-state index is 0.774. The van der Waals surface area contributed by atoms with Gasteiger partial charge in [-0.25, -0.2) is 9.97 Å². The molecule has 0 atom stereocenters. The predicted octanol–water partition coefficient (Wildman–Crippen LogP) is 5.85. The van der Waals surface area contributed by atoms with E-state index < -0.39 is 0 Å². The Balaban J connectivity index is 1.33. The Morgan fingerprint density at radius 1 is 0.441 bits per heavy atom. The van der Waals surface area contributed by atoms with Crippen LogP contribution in [0.15, 0.2) is 122 Å². The molecule has 162 valence electrons. The van der Waals surface area contributed by atoms with Gasteiger partial charge in [0.1, 0.15) is 0 Å². The van der Waals surface area contributed by atoms with Gasteiger partial charge >= 0.3 is 0 Å². The maximum absolute atomic E-state index is 4.63. The van der Waals surface area contributed by atoms with Crippen LogP contribution in [0.2, 0.25) is 0 Å². The van der Waals surface area contributed by atoms with Gasteiger partial charge in [0.2, 0.25) is 0 Å². The lowest BCUT2D eigenvalue weighted by Gasteiger charge is -2.12. The molecule has 0 saturated carbocycles. The van der Waals surface area contributed by atoms with Crippen molar-refractivity contribution in [2.24, 2.45) is 0 Å². The number of pyridine rings is 2. The quantitative estimate of drug-likeness (QED) is 0.337. The first-order chi connectivity index (χ1) is 16.9. The van der Waals surface area contributed by atoms with E-state index >= 15 is 0 Å². The number of benzene rings is 2. The summed E-state index contributed by atoms with van der Waals surface area (Å²) in [7, 11) is 0. The fourth-order valence-corrected chi connectivity index (χ4v) is 4.05. The van der Waals surface area contributed by atoms with Crippen molar-refractivity contribution in [1.82, 2.24) is 29.1 Å². The van der Waals surface area contributed by atoms with Gasteiger partial charge in [-0.1, -0.05) is 36.4 Å². The molecule has 0 amide bonds. The molecule has 0 aliphatic heterocycles. The lowest BCUT2D eigenvalue weighted by atomic mass is 10.1. The van der Waals surface area contributed by atoms with E-state index in [4.69, 9.17) is 0 Å². The maximum atomic E-state index is 4.63. The number of hydrogen-bond donors (Lipinski definition) is 0. The summed E-state index contributed by atoms with van der Waals surface area (Å²) in [6, 6.07) is 24.7. The molecule has 0 N–H and O–H groups in total. The van der Waals surface area contributed by atoms with Crippen molar-refractivity contribution in [2.45, 2.75) is 0 Å². The molecule has 6 rings (SSSR count). The first-order valence-electron chi connectivity index (χ1n) is 11.0. The molecule has 0 fully saturated rings. The third-order valence-corrected chi connectivity index (χ3v) is 5.76. The Kier molecular flexibility index (Phi) is 5.01. The van der Waals surface area contributed by atoms with Gasteiger partial charge in [0, 0.05) is 60.9 Å². The summed E-state index contributed by atoms with van der Waals surface area (Å²) in [6.45, 7) is 0. The SMILES string of the molecule is c1cncc(-c2ccc(-n3ccnc3-c3nccn3-c3ccc(-c4cccnc4)cc3)cc2)c1. The first-order valence-corrected chi connectivity index (χ1v) is 11.0. The van der Waals surface area contributed by atoms with Crippen LogP contribution in [0, 0.1) is 0 Å². The maximum Gasteiger partial charge on any atom is 0.181 e. The number of nitrogens with zero attached hydrogens (tertiary/aromatic N) is 6. The number of hydrogen-bond acceptors (Lipinski definition) is 4. The van der Waals surface area contributed by atoms with Crippen LogP contribution in [0.25, 0.3) is 45.3 Å². The van der Waals surface area contributed by atoms with E-state index in [-0.39, 0.29) is 0 Å². The Bertz CT molecular complexity index is 1400. The van der Waals surface area contributed by atoms with Crippen LogP contribution < -0.4 is 0 Å². The summed E-state index contributed by atoms with van der Waals surface area (Å²) in [4.78, 5) is 17.7. The van der Waals surface area contributed by atoms with Crippen molar-refractivity contribution in [1.29, 1.82) is 0 Å². The molecule has 0 radical (unpaired) electrons.